The number of nitrogens with two attached hydrogens (primary N) is 1. The summed E-state index contributed by atoms with van der Waals surface area (Å²) in [5, 5.41) is 8.69. The monoisotopic (exact) mass is 361 g/mol. The van der Waals surface area contributed by atoms with Gasteiger partial charge in [0.1, 0.15) is 5.82 Å². The van der Waals surface area contributed by atoms with Gasteiger partial charge in [-0.1, -0.05) is 5.10 Å². The maximum Gasteiger partial charge on any atom is 0.313 e. The number of H-pyrrole nitrogens is 1. The van der Waals surface area contributed by atoms with Gasteiger partial charge in [0, 0.05) is 47.0 Å². The molecule has 1 fully saturated rings. The Morgan fingerprint density at radius 3 is 2.96 bits per heavy atom. The van der Waals surface area contributed by atoms with Crippen molar-refractivity contribution in [3.63, 3.8) is 0 Å². The first-order valence-electron chi connectivity index (χ1n) is 8.99. The van der Waals surface area contributed by atoms with Crippen LogP contribution in [0.3, 0.4) is 0 Å². The molecule has 0 spiro atoms. The molecule has 1 atom stereocenters. The quantitative estimate of drug-likeness (QED) is 0.576. The van der Waals surface area contributed by atoms with Gasteiger partial charge < -0.3 is 20.0 Å². The van der Waals surface area contributed by atoms with Gasteiger partial charge in [0.15, 0.2) is 5.82 Å². The fourth-order valence-corrected chi connectivity index (χ4v) is 3.70. The summed E-state index contributed by atoms with van der Waals surface area (Å²) in [5.41, 5.74) is 8.28. The standard InChI is InChI=1S/C19H19N7O/c1-11-3-2-8-26(11)16-6-7-21-17(23-16)14-10-22-15-5-4-12(9-13(14)15)18-24-25-19(20)27-18/h4-7,9-11,22H,2-3,8H2,1H3,(H2,20,25). The van der Waals surface area contributed by atoms with Gasteiger partial charge in [-0.15, -0.1) is 5.10 Å². The maximum atomic E-state index is 5.55. The van der Waals surface area contributed by atoms with Crippen molar-refractivity contribution in [2.24, 2.45) is 0 Å². The molecule has 3 N–H and O–H groups in total. The van der Waals surface area contributed by atoms with Gasteiger partial charge in [0.05, 0.1) is 0 Å². The van der Waals surface area contributed by atoms with E-state index < -0.39 is 0 Å². The molecule has 27 heavy (non-hydrogen) atoms. The molecule has 0 radical (unpaired) electrons. The second-order valence-electron chi connectivity index (χ2n) is 6.83. The van der Waals surface area contributed by atoms with E-state index in [2.05, 4.69) is 32.0 Å². The summed E-state index contributed by atoms with van der Waals surface area (Å²) in [7, 11) is 0. The molecule has 0 bridgehead atoms. The van der Waals surface area contributed by atoms with E-state index in [0.29, 0.717) is 17.8 Å². The van der Waals surface area contributed by atoms with Crippen LogP contribution in [-0.2, 0) is 0 Å². The first-order valence-corrected chi connectivity index (χ1v) is 8.99. The van der Waals surface area contributed by atoms with E-state index >= 15 is 0 Å². The van der Waals surface area contributed by atoms with Gasteiger partial charge in [-0.25, -0.2) is 9.97 Å². The summed E-state index contributed by atoms with van der Waals surface area (Å²) < 4.78 is 5.35. The van der Waals surface area contributed by atoms with Crippen molar-refractivity contribution in [2.45, 2.75) is 25.8 Å². The fraction of sp³-hybridized carbons (Fsp3) is 0.263. The molecule has 0 aliphatic carbocycles. The summed E-state index contributed by atoms with van der Waals surface area (Å²) in [4.78, 5) is 15.0. The highest BCUT2D eigenvalue weighted by Gasteiger charge is 2.22. The number of aromatic amines is 1. The van der Waals surface area contributed by atoms with Crippen LogP contribution in [-0.4, -0.2) is 37.7 Å². The van der Waals surface area contributed by atoms with Gasteiger partial charge >= 0.3 is 6.01 Å². The highest BCUT2D eigenvalue weighted by atomic mass is 16.4. The molecule has 4 aromatic rings. The molecule has 1 unspecified atom stereocenters. The predicted molar refractivity (Wildman–Crippen MR) is 103 cm³/mol. The van der Waals surface area contributed by atoms with E-state index in [1.54, 1.807) is 0 Å². The zero-order valence-corrected chi connectivity index (χ0v) is 14.9. The Morgan fingerprint density at radius 2 is 2.19 bits per heavy atom. The number of hydrogen-bond donors (Lipinski definition) is 2. The third-order valence-corrected chi connectivity index (χ3v) is 5.10. The first-order chi connectivity index (χ1) is 13.2. The van der Waals surface area contributed by atoms with Crippen LogP contribution >= 0.6 is 0 Å². The van der Waals surface area contributed by atoms with Crippen molar-refractivity contribution in [2.75, 3.05) is 17.2 Å². The molecule has 0 amide bonds. The highest BCUT2D eigenvalue weighted by Crippen LogP contribution is 2.32. The van der Waals surface area contributed by atoms with Crippen LogP contribution in [0, 0.1) is 0 Å². The number of fused-ring (bicyclic) bond motifs is 1. The summed E-state index contributed by atoms with van der Waals surface area (Å²) in [6, 6.07) is 8.41. The zero-order chi connectivity index (χ0) is 18.4. The van der Waals surface area contributed by atoms with Crippen molar-refractivity contribution in [1.29, 1.82) is 0 Å². The number of hydrogen-bond acceptors (Lipinski definition) is 7. The lowest BCUT2D eigenvalue weighted by molar-refractivity contribution is 0.590. The number of nitrogens with zero attached hydrogens (tertiary/aromatic N) is 5. The Kier molecular flexibility index (Phi) is 3.56. The fourth-order valence-electron chi connectivity index (χ4n) is 3.70. The molecular formula is C19H19N7O. The summed E-state index contributed by atoms with van der Waals surface area (Å²) >= 11 is 0. The van der Waals surface area contributed by atoms with Crippen LogP contribution in [0.15, 0.2) is 41.1 Å². The Labute approximate surface area is 155 Å². The van der Waals surface area contributed by atoms with Crippen LogP contribution in [0.4, 0.5) is 11.8 Å². The topological polar surface area (TPSA) is 110 Å². The maximum absolute atomic E-state index is 5.55. The molecular weight excluding hydrogens is 342 g/mol. The SMILES string of the molecule is CC1CCCN1c1ccnc(-c2c[nH]c3ccc(-c4nnc(N)o4)cc23)n1. The van der Waals surface area contributed by atoms with Crippen LogP contribution in [0.2, 0.25) is 0 Å². The van der Waals surface area contributed by atoms with Crippen molar-refractivity contribution in [3.05, 3.63) is 36.7 Å². The minimum absolute atomic E-state index is 0.0511. The minimum Gasteiger partial charge on any atom is -0.404 e. The second kappa shape index (κ2) is 6.08. The molecule has 5 rings (SSSR count). The first kappa shape index (κ1) is 15.8. The van der Waals surface area contributed by atoms with E-state index in [1.165, 1.54) is 12.8 Å². The largest absolute Gasteiger partial charge is 0.404 e. The predicted octanol–water partition coefficient (Wildman–Crippen LogP) is 3.25. The molecule has 1 aromatic carbocycles. The molecule has 4 heterocycles. The second-order valence-corrected chi connectivity index (χ2v) is 6.83. The molecule has 8 heteroatoms. The zero-order valence-electron chi connectivity index (χ0n) is 14.9. The number of rotatable bonds is 3. The van der Waals surface area contributed by atoms with Crippen LogP contribution in [0.25, 0.3) is 33.7 Å². The Balaban J connectivity index is 1.59. The highest BCUT2D eigenvalue weighted by molar-refractivity contribution is 5.96. The summed E-state index contributed by atoms with van der Waals surface area (Å²) in [6.45, 7) is 3.27. The van der Waals surface area contributed by atoms with Crippen molar-refractivity contribution < 1.29 is 4.42 Å². The van der Waals surface area contributed by atoms with Gasteiger partial charge in [-0.2, -0.15) is 0 Å². The van der Waals surface area contributed by atoms with E-state index in [1.807, 2.05) is 36.7 Å². The summed E-state index contributed by atoms with van der Waals surface area (Å²) in [6.07, 6.45) is 6.15. The molecule has 1 aliphatic heterocycles. The van der Waals surface area contributed by atoms with Gasteiger partial charge in [0.2, 0.25) is 5.89 Å². The molecule has 1 saturated heterocycles. The van der Waals surface area contributed by atoms with Crippen LogP contribution in [0.1, 0.15) is 19.8 Å². The van der Waals surface area contributed by atoms with Gasteiger partial charge in [-0.05, 0) is 44.0 Å². The number of anilines is 2. The molecule has 136 valence electrons. The Bertz CT molecular complexity index is 1120. The molecule has 0 saturated carbocycles. The number of benzene rings is 1. The lowest BCUT2D eigenvalue weighted by atomic mass is 10.1. The number of nitrogen functional groups attached to an aromatic ring is 1. The third kappa shape index (κ3) is 2.69. The Hall–Kier alpha value is -3.42. The van der Waals surface area contributed by atoms with Gasteiger partial charge in [0.25, 0.3) is 0 Å². The normalized spacial score (nSPS) is 17.1. The average molecular weight is 361 g/mol. The number of nitrogens with one attached hydrogen (secondary N) is 1. The molecule has 3 aromatic heterocycles. The van der Waals surface area contributed by atoms with E-state index in [-0.39, 0.29) is 6.01 Å². The van der Waals surface area contributed by atoms with E-state index in [0.717, 1.165) is 34.4 Å². The van der Waals surface area contributed by atoms with Crippen molar-refractivity contribution in [3.8, 4) is 22.8 Å². The number of aromatic nitrogens is 5. The molecule has 1 aliphatic rings. The minimum atomic E-state index is 0.0511. The summed E-state index contributed by atoms with van der Waals surface area (Å²) in [5.74, 6) is 2.06. The van der Waals surface area contributed by atoms with Gasteiger partial charge in [-0.3, -0.25) is 0 Å². The molecule has 8 nitrogen and oxygen atoms in total. The smallest absolute Gasteiger partial charge is 0.313 e. The van der Waals surface area contributed by atoms with Crippen LogP contribution < -0.4 is 10.6 Å². The van der Waals surface area contributed by atoms with E-state index in [4.69, 9.17) is 15.1 Å². The average Bonchev–Trinajstić information content (AvgIpc) is 3.40. The van der Waals surface area contributed by atoms with Crippen molar-refractivity contribution in [1.82, 2.24) is 25.1 Å². The van der Waals surface area contributed by atoms with Crippen molar-refractivity contribution >= 4 is 22.7 Å². The Morgan fingerprint density at radius 1 is 1.26 bits per heavy atom. The van der Waals surface area contributed by atoms with E-state index in [9.17, 15) is 0 Å². The third-order valence-electron chi connectivity index (χ3n) is 5.10. The lowest BCUT2D eigenvalue weighted by Gasteiger charge is -2.22. The van der Waals surface area contributed by atoms with Crippen LogP contribution in [0.5, 0.6) is 0 Å². The lowest BCUT2D eigenvalue weighted by Crippen LogP contribution is -2.27.